The van der Waals surface area contributed by atoms with Gasteiger partial charge >= 0.3 is 0 Å². The summed E-state index contributed by atoms with van der Waals surface area (Å²) < 4.78 is 5.74. The third kappa shape index (κ3) is 8.12. The summed E-state index contributed by atoms with van der Waals surface area (Å²) in [5.74, 6) is 0.324. The van der Waals surface area contributed by atoms with Gasteiger partial charge in [-0.25, -0.2) is 0 Å². The molecule has 0 fully saturated rings. The van der Waals surface area contributed by atoms with E-state index < -0.39 is 0 Å². The molecule has 2 N–H and O–H groups in total. The average Bonchev–Trinajstić information content (AvgIpc) is 2.74. The van der Waals surface area contributed by atoms with Crippen molar-refractivity contribution in [3.05, 3.63) is 70.1 Å². The zero-order valence-electron chi connectivity index (χ0n) is 18.9. The molecule has 31 heavy (non-hydrogen) atoms. The molecule has 0 saturated carbocycles. The largest absolute Gasteiger partial charge is 0.507 e. The van der Waals surface area contributed by atoms with Crippen LogP contribution in [0.4, 0.5) is 0 Å². The molecule has 4 nitrogen and oxygen atoms in total. The Morgan fingerprint density at radius 1 is 0.871 bits per heavy atom. The van der Waals surface area contributed by atoms with Gasteiger partial charge in [-0.2, -0.15) is 0 Å². The highest BCUT2D eigenvalue weighted by Crippen LogP contribution is 2.33. The van der Waals surface area contributed by atoms with Crippen molar-refractivity contribution in [2.45, 2.75) is 78.1 Å². The fourth-order valence-corrected chi connectivity index (χ4v) is 3.48. The summed E-state index contributed by atoms with van der Waals surface area (Å²) in [5, 5.41) is 20.1. The number of hydrogen-bond acceptors (Lipinski definition) is 4. The zero-order chi connectivity index (χ0) is 22.5. The van der Waals surface area contributed by atoms with Crippen molar-refractivity contribution in [1.82, 2.24) is 0 Å². The predicted octanol–water partition coefficient (Wildman–Crippen LogP) is 7.25. The number of hydrogen-bond donors (Lipinski definition) is 2. The molecule has 4 heteroatoms. The predicted molar refractivity (Wildman–Crippen MR) is 129 cm³/mol. The van der Waals surface area contributed by atoms with Crippen LogP contribution in [0.1, 0.15) is 76.0 Å². The van der Waals surface area contributed by atoms with Crippen molar-refractivity contribution in [2.24, 2.45) is 0 Å². The Labute approximate surface area is 185 Å². The Kier molecular flexibility index (Phi) is 10.7. The number of rotatable bonds is 13. The average molecular weight is 425 g/mol. The van der Waals surface area contributed by atoms with Crippen LogP contribution in [-0.4, -0.2) is 10.2 Å². The topological polar surface area (TPSA) is 70.7 Å². The molecule has 1 aromatic carbocycles. The van der Waals surface area contributed by atoms with E-state index in [2.05, 4.69) is 43.4 Å². The number of aromatic hydroxyl groups is 2. The minimum absolute atomic E-state index is 0.0699. The van der Waals surface area contributed by atoms with Crippen LogP contribution < -0.4 is 5.43 Å². The maximum Gasteiger partial charge on any atom is 0.196 e. The van der Waals surface area contributed by atoms with Crippen LogP contribution in [0, 0.1) is 6.92 Å². The molecule has 0 bridgehead atoms. The number of phenols is 2. The molecule has 2 aromatic rings. The molecule has 0 amide bonds. The minimum Gasteiger partial charge on any atom is -0.507 e. The van der Waals surface area contributed by atoms with Gasteiger partial charge in [0.25, 0.3) is 0 Å². The fraction of sp³-hybridized carbons (Fsp3) is 0.444. The summed E-state index contributed by atoms with van der Waals surface area (Å²) in [6.07, 6.45) is 23.8. The Morgan fingerprint density at radius 2 is 1.52 bits per heavy atom. The van der Waals surface area contributed by atoms with Crippen molar-refractivity contribution >= 4 is 11.0 Å². The molecule has 0 radical (unpaired) electrons. The minimum atomic E-state index is -0.268. The number of fused-ring (bicyclic) bond motifs is 1. The second-order valence-electron chi connectivity index (χ2n) is 7.92. The molecular formula is C27H36O4. The molecule has 0 aliphatic carbocycles. The van der Waals surface area contributed by atoms with E-state index >= 15 is 0 Å². The molecule has 1 aromatic heterocycles. The summed E-state index contributed by atoms with van der Waals surface area (Å²) in [6.45, 7) is 3.71. The molecule has 168 valence electrons. The Balaban J connectivity index is 1.63. The summed E-state index contributed by atoms with van der Waals surface area (Å²) in [7, 11) is 0. The molecule has 0 aliphatic rings. The summed E-state index contributed by atoms with van der Waals surface area (Å²) in [6, 6.07) is 2.86. The second-order valence-corrected chi connectivity index (χ2v) is 7.92. The Bertz CT molecular complexity index is 963. The Hall–Kier alpha value is -2.75. The van der Waals surface area contributed by atoms with Crippen LogP contribution in [0.5, 0.6) is 11.5 Å². The van der Waals surface area contributed by atoms with Crippen LogP contribution in [0.3, 0.4) is 0 Å². The standard InChI is InChI=1S/C27H36O4/c1-3-4-5-6-7-8-9-10-11-12-13-14-15-16-17-18-22-19-24(29)26-25(31-22)20-23(28)21(2)27(26)30/h4-5,7-8,10-11,19-20,28,30H,3,6,9,12-18H2,1-2H3/b5-4+,8-7-,11-10-. The van der Waals surface area contributed by atoms with Crippen LogP contribution in [0.15, 0.2) is 57.8 Å². The molecule has 0 spiro atoms. The van der Waals surface area contributed by atoms with Crippen LogP contribution >= 0.6 is 0 Å². The van der Waals surface area contributed by atoms with E-state index in [1.807, 2.05) is 0 Å². The van der Waals surface area contributed by atoms with Crippen molar-refractivity contribution in [2.75, 3.05) is 0 Å². The van der Waals surface area contributed by atoms with Gasteiger partial charge in [0.1, 0.15) is 28.2 Å². The number of benzene rings is 1. The molecule has 0 saturated heterocycles. The summed E-state index contributed by atoms with van der Waals surface area (Å²) in [5.41, 5.74) is 0.261. The van der Waals surface area contributed by atoms with Crippen LogP contribution in [0.25, 0.3) is 11.0 Å². The van der Waals surface area contributed by atoms with E-state index in [0.29, 0.717) is 17.7 Å². The van der Waals surface area contributed by atoms with E-state index in [1.165, 1.54) is 25.0 Å². The highest BCUT2D eigenvalue weighted by atomic mass is 16.3. The lowest BCUT2D eigenvalue weighted by Crippen LogP contribution is -2.03. The first kappa shape index (κ1) is 24.5. The molecule has 2 rings (SSSR count). The third-order valence-corrected chi connectivity index (χ3v) is 5.34. The maximum absolute atomic E-state index is 12.3. The van der Waals surface area contributed by atoms with Gasteiger partial charge in [0.2, 0.25) is 0 Å². The third-order valence-electron chi connectivity index (χ3n) is 5.34. The lowest BCUT2D eigenvalue weighted by atomic mass is 10.1. The molecule has 0 atom stereocenters. The number of allylic oxidation sites excluding steroid dienone is 6. The highest BCUT2D eigenvalue weighted by Gasteiger charge is 2.14. The van der Waals surface area contributed by atoms with Gasteiger partial charge in [0.05, 0.1) is 0 Å². The number of phenolic OH excluding ortho intramolecular Hbond substituents is 2. The first-order valence-electron chi connectivity index (χ1n) is 11.5. The highest BCUT2D eigenvalue weighted by molar-refractivity contribution is 5.86. The van der Waals surface area contributed by atoms with Crippen LogP contribution in [-0.2, 0) is 6.42 Å². The van der Waals surface area contributed by atoms with Gasteiger partial charge in [0.15, 0.2) is 5.43 Å². The Morgan fingerprint density at radius 3 is 2.26 bits per heavy atom. The van der Waals surface area contributed by atoms with Crippen molar-refractivity contribution in [3.8, 4) is 11.5 Å². The smallest absolute Gasteiger partial charge is 0.196 e. The van der Waals surface area contributed by atoms with E-state index in [0.717, 1.165) is 44.9 Å². The second kappa shape index (κ2) is 13.5. The van der Waals surface area contributed by atoms with E-state index in [4.69, 9.17) is 4.42 Å². The van der Waals surface area contributed by atoms with Gasteiger partial charge < -0.3 is 14.6 Å². The van der Waals surface area contributed by atoms with E-state index in [9.17, 15) is 15.0 Å². The van der Waals surface area contributed by atoms with Crippen molar-refractivity contribution in [1.29, 1.82) is 0 Å². The van der Waals surface area contributed by atoms with Crippen molar-refractivity contribution in [3.63, 3.8) is 0 Å². The molecule has 0 aliphatic heterocycles. The maximum atomic E-state index is 12.3. The van der Waals surface area contributed by atoms with E-state index in [-0.39, 0.29) is 27.9 Å². The summed E-state index contributed by atoms with van der Waals surface area (Å²) >= 11 is 0. The summed E-state index contributed by atoms with van der Waals surface area (Å²) in [4.78, 5) is 12.3. The van der Waals surface area contributed by atoms with Gasteiger partial charge in [-0.3, -0.25) is 4.79 Å². The lowest BCUT2D eigenvalue weighted by Gasteiger charge is -2.07. The number of unbranched alkanes of at least 4 members (excludes halogenated alkanes) is 5. The molecule has 0 unspecified atom stereocenters. The van der Waals surface area contributed by atoms with Gasteiger partial charge in [-0.1, -0.05) is 62.6 Å². The van der Waals surface area contributed by atoms with E-state index in [1.54, 1.807) is 6.92 Å². The van der Waals surface area contributed by atoms with Gasteiger partial charge in [0, 0.05) is 24.1 Å². The lowest BCUT2D eigenvalue weighted by molar-refractivity contribution is 0.442. The van der Waals surface area contributed by atoms with Crippen LogP contribution in [0.2, 0.25) is 0 Å². The zero-order valence-corrected chi connectivity index (χ0v) is 18.9. The normalized spacial score (nSPS) is 12.2. The SMILES string of the molecule is CC/C=C/C/C=C\C/C=C\CCCCCCCc1cc(=O)c2c(O)c(C)c(O)cc2o1. The quantitative estimate of drug-likeness (QED) is 0.262. The first-order valence-corrected chi connectivity index (χ1v) is 11.5. The molecule has 1 heterocycles. The first-order chi connectivity index (χ1) is 15.0. The van der Waals surface area contributed by atoms with Gasteiger partial charge in [-0.15, -0.1) is 0 Å². The van der Waals surface area contributed by atoms with Gasteiger partial charge in [-0.05, 0) is 45.4 Å². The number of aryl methyl sites for hydroxylation is 1. The monoisotopic (exact) mass is 424 g/mol. The fourth-order valence-electron chi connectivity index (χ4n) is 3.48. The van der Waals surface area contributed by atoms with Crippen molar-refractivity contribution < 1.29 is 14.6 Å². The molecular weight excluding hydrogens is 388 g/mol.